The maximum atomic E-state index is 6.10. The third-order valence-corrected chi connectivity index (χ3v) is 5.03. The van der Waals surface area contributed by atoms with Crippen molar-refractivity contribution in [3.05, 3.63) is 45.8 Å². The van der Waals surface area contributed by atoms with E-state index in [1.165, 1.54) is 4.88 Å². The standard InChI is InChI=1S/C16H18ClN5S.2ClH/c1-9(18)7-12-10(2)13-14(23-12)15(22-16(17)21-13)20-8-11-3-5-19-6-4-11;;/h3-6,9H,7-8,18H2,1-2H3,(H,20,21,22);2*1H. The highest BCUT2D eigenvalue weighted by Gasteiger charge is 2.16. The number of nitrogens with zero attached hydrogens (tertiary/aromatic N) is 3. The monoisotopic (exact) mass is 419 g/mol. The lowest BCUT2D eigenvalue weighted by Gasteiger charge is -2.07. The first kappa shape index (κ1) is 21.9. The molecule has 5 nitrogen and oxygen atoms in total. The molecule has 9 heteroatoms. The van der Waals surface area contributed by atoms with E-state index >= 15 is 0 Å². The second-order valence-electron chi connectivity index (χ2n) is 5.56. The molecule has 0 aliphatic rings. The summed E-state index contributed by atoms with van der Waals surface area (Å²) in [6.07, 6.45) is 4.37. The van der Waals surface area contributed by atoms with E-state index < -0.39 is 0 Å². The van der Waals surface area contributed by atoms with Crippen molar-refractivity contribution in [1.29, 1.82) is 0 Å². The van der Waals surface area contributed by atoms with Crippen LogP contribution < -0.4 is 11.1 Å². The Labute approximate surface area is 168 Å². The average Bonchev–Trinajstić information content (AvgIpc) is 2.82. The van der Waals surface area contributed by atoms with Crippen LogP contribution in [0.1, 0.15) is 22.9 Å². The van der Waals surface area contributed by atoms with Crippen LogP contribution in [0, 0.1) is 6.92 Å². The maximum absolute atomic E-state index is 6.10. The van der Waals surface area contributed by atoms with Crippen LogP contribution in [0.4, 0.5) is 5.82 Å². The number of pyridine rings is 1. The van der Waals surface area contributed by atoms with Crippen molar-refractivity contribution in [2.75, 3.05) is 5.32 Å². The number of fused-ring (bicyclic) bond motifs is 1. The Morgan fingerprint density at radius 1 is 1.24 bits per heavy atom. The highest BCUT2D eigenvalue weighted by Crippen LogP contribution is 2.35. The second-order valence-corrected chi connectivity index (χ2v) is 7.00. The van der Waals surface area contributed by atoms with Gasteiger partial charge in [-0.05, 0) is 55.1 Å². The molecule has 0 spiro atoms. The van der Waals surface area contributed by atoms with Crippen molar-refractivity contribution in [3.8, 4) is 0 Å². The van der Waals surface area contributed by atoms with Crippen molar-refractivity contribution >= 4 is 63.8 Å². The van der Waals surface area contributed by atoms with E-state index in [1.54, 1.807) is 23.7 Å². The molecular formula is C16H20Cl3N5S. The summed E-state index contributed by atoms with van der Waals surface area (Å²) >= 11 is 7.78. The van der Waals surface area contributed by atoms with E-state index in [0.717, 1.165) is 33.6 Å². The van der Waals surface area contributed by atoms with Gasteiger partial charge in [-0.1, -0.05) is 0 Å². The van der Waals surface area contributed by atoms with Crippen molar-refractivity contribution < 1.29 is 0 Å². The molecule has 1 unspecified atom stereocenters. The number of hydrogen-bond acceptors (Lipinski definition) is 6. The molecule has 0 fully saturated rings. The lowest BCUT2D eigenvalue weighted by Crippen LogP contribution is -2.17. The quantitative estimate of drug-likeness (QED) is 0.598. The van der Waals surface area contributed by atoms with Gasteiger partial charge in [0.05, 0.1) is 10.2 Å². The molecule has 3 heterocycles. The van der Waals surface area contributed by atoms with Gasteiger partial charge in [-0.25, -0.2) is 4.98 Å². The molecule has 3 aromatic heterocycles. The molecule has 0 saturated carbocycles. The topological polar surface area (TPSA) is 76.7 Å². The lowest BCUT2D eigenvalue weighted by molar-refractivity contribution is 0.744. The molecule has 0 amide bonds. The first-order chi connectivity index (χ1) is 11.0. The van der Waals surface area contributed by atoms with E-state index in [4.69, 9.17) is 17.3 Å². The summed E-state index contributed by atoms with van der Waals surface area (Å²) in [6.45, 7) is 4.72. The molecule has 1 atom stereocenters. The van der Waals surface area contributed by atoms with Gasteiger partial charge < -0.3 is 11.1 Å². The Kier molecular flexibility index (Phi) is 8.31. The van der Waals surface area contributed by atoms with E-state index in [-0.39, 0.29) is 36.1 Å². The highest BCUT2D eigenvalue weighted by molar-refractivity contribution is 7.19. The second kappa shape index (κ2) is 9.50. The molecule has 136 valence electrons. The minimum atomic E-state index is 0. The van der Waals surface area contributed by atoms with Gasteiger partial charge in [0, 0.05) is 29.9 Å². The van der Waals surface area contributed by atoms with Crippen LogP contribution in [-0.4, -0.2) is 21.0 Å². The molecule has 0 bridgehead atoms. The number of rotatable bonds is 5. The van der Waals surface area contributed by atoms with Gasteiger partial charge in [-0.3, -0.25) is 4.98 Å². The fraction of sp³-hybridized carbons (Fsp3) is 0.312. The maximum Gasteiger partial charge on any atom is 0.224 e. The molecule has 3 rings (SSSR count). The number of anilines is 1. The zero-order valence-corrected chi connectivity index (χ0v) is 17.0. The Morgan fingerprint density at radius 3 is 2.56 bits per heavy atom. The molecule has 25 heavy (non-hydrogen) atoms. The summed E-state index contributed by atoms with van der Waals surface area (Å²) in [5.41, 5.74) is 9.12. The summed E-state index contributed by atoms with van der Waals surface area (Å²) in [4.78, 5) is 14.0. The summed E-state index contributed by atoms with van der Waals surface area (Å²) in [5, 5.41) is 3.61. The predicted molar refractivity (Wildman–Crippen MR) is 111 cm³/mol. The number of aromatic nitrogens is 3. The van der Waals surface area contributed by atoms with Crippen LogP contribution in [0.15, 0.2) is 24.5 Å². The van der Waals surface area contributed by atoms with Crippen LogP contribution in [0.3, 0.4) is 0 Å². The molecule has 0 saturated heterocycles. The minimum absolute atomic E-state index is 0. The normalized spacial score (nSPS) is 11.5. The fourth-order valence-electron chi connectivity index (χ4n) is 2.40. The molecule has 0 radical (unpaired) electrons. The molecule has 0 aromatic carbocycles. The fourth-order valence-corrected chi connectivity index (χ4v) is 3.92. The van der Waals surface area contributed by atoms with Crippen LogP contribution in [-0.2, 0) is 13.0 Å². The number of halogens is 3. The SMILES string of the molecule is Cc1c(CC(C)N)sc2c(NCc3ccncc3)nc(Cl)nc12.Cl.Cl. The number of nitrogens with two attached hydrogens (primary N) is 1. The zero-order chi connectivity index (χ0) is 16.4. The Morgan fingerprint density at radius 2 is 1.92 bits per heavy atom. The van der Waals surface area contributed by atoms with E-state index in [2.05, 4.69) is 27.2 Å². The molecule has 0 aliphatic carbocycles. The molecule has 3 N–H and O–H groups in total. The number of thiophene rings is 1. The van der Waals surface area contributed by atoms with Gasteiger partial charge in [0.2, 0.25) is 5.28 Å². The molecular weight excluding hydrogens is 401 g/mol. The smallest absolute Gasteiger partial charge is 0.224 e. The summed E-state index contributed by atoms with van der Waals surface area (Å²) in [5.74, 6) is 0.765. The number of aryl methyl sites for hydroxylation is 1. The highest BCUT2D eigenvalue weighted by atomic mass is 35.5. The van der Waals surface area contributed by atoms with Crippen LogP contribution in [0.25, 0.3) is 10.2 Å². The zero-order valence-electron chi connectivity index (χ0n) is 13.8. The Hall–Kier alpha value is -1.18. The average molecular weight is 421 g/mol. The molecule has 3 aromatic rings. The van der Waals surface area contributed by atoms with Gasteiger partial charge in [-0.2, -0.15) is 4.98 Å². The third-order valence-electron chi connectivity index (χ3n) is 3.55. The van der Waals surface area contributed by atoms with E-state index in [9.17, 15) is 0 Å². The van der Waals surface area contributed by atoms with Gasteiger partial charge >= 0.3 is 0 Å². The first-order valence-corrected chi connectivity index (χ1v) is 8.58. The predicted octanol–water partition coefficient (Wildman–Crippen LogP) is 4.39. The summed E-state index contributed by atoms with van der Waals surface area (Å²) in [7, 11) is 0. The Bertz CT molecular complexity index is 823. The van der Waals surface area contributed by atoms with Crippen LogP contribution >= 0.6 is 47.8 Å². The van der Waals surface area contributed by atoms with Gasteiger partial charge in [0.25, 0.3) is 0 Å². The van der Waals surface area contributed by atoms with Gasteiger partial charge in [0.15, 0.2) is 0 Å². The Balaban J connectivity index is 0.00000156. The van der Waals surface area contributed by atoms with E-state index in [1.807, 2.05) is 19.1 Å². The number of nitrogens with one attached hydrogen (secondary N) is 1. The minimum Gasteiger partial charge on any atom is -0.365 e. The lowest BCUT2D eigenvalue weighted by atomic mass is 10.1. The van der Waals surface area contributed by atoms with E-state index in [0.29, 0.717) is 6.54 Å². The van der Waals surface area contributed by atoms with Crippen molar-refractivity contribution in [2.45, 2.75) is 32.9 Å². The van der Waals surface area contributed by atoms with Crippen molar-refractivity contribution in [3.63, 3.8) is 0 Å². The molecule has 0 aliphatic heterocycles. The summed E-state index contributed by atoms with van der Waals surface area (Å²) in [6, 6.07) is 4.04. The third kappa shape index (κ3) is 5.15. The first-order valence-electron chi connectivity index (χ1n) is 7.38. The largest absolute Gasteiger partial charge is 0.365 e. The van der Waals surface area contributed by atoms with Gasteiger partial charge in [-0.15, -0.1) is 36.2 Å². The number of hydrogen-bond donors (Lipinski definition) is 2. The van der Waals surface area contributed by atoms with Gasteiger partial charge in [0.1, 0.15) is 5.82 Å². The summed E-state index contributed by atoms with van der Waals surface area (Å²) < 4.78 is 1.02. The van der Waals surface area contributed by atoms with Crippen molar-refractivity contribution in [2.24, 2.45) is 5.73 Å². The van der Waals surface area contributed by atoms with Crippen LogP contribution in [0.5, 0.6) is 0 Å². The van der Waals surface area contributed by atoms with Crippen LogP contribution in [0.2, 0.25) is 5.28 Å². The van der Waals surface area contributed by atoms with Crippen molar-refractivity contribution in [1.82, 2.24) is 15.0 Å².